The minimum Gasteiger partial charge on any atom is -0.487 e. The molecular formula is C25H24N4O4. The van der Waals surface area contributed by atoms with Crippen molar-refractivity contribution in [3.63, 3.8) is 0 Å². The van der Waals surface area contributed by atoms with Crippen LogP contribution in [0.15, 0.2) is 73.1 Å². The predicted octanol–water partition coefficient (Wildman–Crippen LogP) is 4.68. The van der Waals surface area contributed by atoms with Crippen molar-refractivity contribution in [1.82, 2.24) is 9.38 Å². The Kier molecular flexibility index (Phi) is 6.26. The first-order chi connectivity index (χ1) is 15.9. The lowest BCUT2D eigenvalue weighted by molar-refractivity contribution is 0.102. The van der Waals surface area contributed by atoms with Crippen molar-refractivity contribution in [2.75, 3.05) is 24.4 Å². The lowest BCUT2D eigenvalue weighted by Crippen LogP contribution is -2.25. The van der Waals surface area contributed by atoms with Crippen molar-refractivity contribution in [2.24, 2.45) is 0 Å². The average molecular weight is 444 g/mol. The van der Waals surface area contributed by atoms with Gasteiger partial charge in [-0.1, -0.05) is 12.1 Å². The molecule has 8 heteroatoms. The summed E-state index contributed by atoms with van der Waals surface area (Å²) in [7, 11) is 2.93. The van der Waals surface area contributed by atoms with Gasteiger partial charge in [0.05, 0.1) is 12.8 Å². The number of imidazole rings is 1. The van der Waals surface area contributed by atoms with Crippen LogP contribution in [0.1, 0.15) is 21.6 Å². The number of methoxy groups -OCH3 is 1. The molecule has 2 aromatic carbocycles. The van der Waals surface area contributed by atoms with E-state index in [1.807, 2.05) is 35.9 Å². The monoisotopic (exact) mass is 444 g/mol. The van der Waals surface area contributed by atoms with Crippen molar-refractivity contribution in [1.29, 1.82) is 0 Å². The fourth-order valence-corrected chi connectivity index (χ4v) is 3.32. The Labute approximate surface area is 191 Å². The lowest BCUT2D eigenvalue weighted by Gasteiger charge is -2.16. The quantitative estimate of drug-likeness (QED) is 0.467. The highest BCUT2D eigenvalue weighted by atomic mass is 16.5. The summed E-state index contributed by atoms with van der Waals surface area (Å²) in [5, 5.41) is 2.85. The number of aryl methyl sites for hydroxylation is 1. The van der Waals surface area contributed by atoms with Crippen LogP contribution in [-0.2, 0) is 11.3 Å². The Hall–Kier alpha value is -4.33. The van der Waals surface area contributed by atoms with Gasteiger partial charge < -0.3 is 19.2 Å². The minimum absolute atomic E-state index is 0.266. The van der Waals surface area contributed by atoms with Gasteiger partial charge in [-0.25, -0.2) is 9.78 Å². The van der Waals surface area contributed by atoms with Crippen LogP contribution in [0, 0.1) is 6.92 Å². The Morgan fingerprint density at radius 2 is 1.85 bits per heavy atom. The van der Waals surface area contributed by atoms with E-state index in [0.717, 1.165) is 16.9 Å². The van der Waals surface area contributed by atoms with Gasteiger partial charge in [0, 0.05) is 36.4 Å². The Morgan fingerprint density at radius 1 is 1.06 bits per heavy atom. The molecule has 0 spiro atoms. The molecule has 0 saturated heterocycles. The molecule has 0 aliphatic carbocycles. The highest BCUT2D eigenvalue weighted by Crippen LogP contribution is 2.20. The largest absolute Gasteiger partial charge is 0.487 e. The van der Waals surface area contributed by atoms with E-state index in [1.54, 1.807) is 55.6 Å². The van der Waals surface area contributed by atoms with E-state index in [-0.39, 0.29) is 5.91 Å². The summed E-state index contributed by atoms with van der Waals surface area (Å²) in [4.78, 5) is 30.2. The molecule has 0 radical (unpaired) electrons. The first kappa shape index (κ1) is 21.9. The molecule has 2 amide bonds. The number of benzene rings is 2. The summed E-state index contributed by atoms with van der Waals surface area (Å²) in [6.45, 7) is 2.32. The molecule has 33 heavy (non-hydrogen) atoms. The molecular weight excluding hydrogens is 420 g/mol. The second-order valence-corrected chi connectivity index (χ2v) is 7.55. The first-order valence-electron chi connectivity index (χ1n) is 10.3. The maximum atomic E-state index is 12.7. The number of anilines is 2. The zero-order chi connectivity index (χ0) is 23.4. The fraction of sp³-hybridized carbons (Fsp3) is 0.160. The van der Waals surface area contributed by atoms with Crippen LogP contribution in [0.25, 0.3) is 5.65 Å². The molecule has 1 N–H and O–H groups in total. The number of hydrogen-bond acceptors (Lipinski definition) is 5. The maximum absolute atomic E-state index is 12.7. The van der Waals surface area contributed by atoms with Gasteiger partial charge in [-0.05, 0) is 61.0 Å². The predicted molar refractivity (Wildman–Crippen MR) is 126 cm³/mol. The number of pyridine rings is 1. The molecule has 0 unspecified atom stereocenters. The topological polar surface area (TPSA) is 85.2 Å². The molecule has 0 bridgehead atoms. The average Bonchev–Trinajstić information content (AvgIpc) is 3.24. The van der Waals surface area contributed by atoms with Crippen molar-refractivity contribution >= 4 is 29.0 Å². The van der Waals surface area contributed by atoms with E-state index in [1.165, 1.54) is 12.0 Å². The molecule has 2 heterocycles. The van der Waals surface area contributed by atoms with E-state index < -0.39 is 6.09 Å². The van der Waals surface area contributed by atoms with Gasteiger partial charge in [0.15, 0.2) is 0 Å². The van der Waals surface area contributed by atoms with E-state index in [4.69, 9.17) is 9.47 Å². The van der Waals surface area contributed by atoms with Gasteiger partial charge >= 0.3 is 6.09 Å². The van der Waals surface area contributed by atoms with Crippen molar-refractivity contribution < 1.29 is 19.1 Å². The third kappa shape index (κ3) is 5.12. The number of carbonyl (C=O) groups is 2. The second kappa shape index (κ2) is 9.44. The zero-order valence-corrected chi connectivity index (χ0v) is 18.6. The van der Waals surface area contributed by atoms with Gasteiger partial charge in [-0.3, -0.25) is 9.69 Å². The van der Waals surface area contributed by atoms with E-state index in [9.17, 15) is 9.59 Å². The summed E-state index contributed by atoms with van der Waals surface area (Å²) in [6, 6.07) is 17.8. The third-order valence-corrected chi connectivity index (χ3v) is 5.09. The normalized spacial score (nSPS) is 10.6. The van der Waals surface area contributed by atoms with E-state index in [2.05, 4.69) is 10.3 Å². The van der Waals surface area contributed by atoms with Gasteiger partial charge in [0.1, 0.15) is 18.0 Å². The van der Waals surface area contributed by atoms with Crippen molar-refractivity contribution in [3.8, 4) is 5.75 Å². The van der Waals surface area contributed by atoms with Crippen LogP contribution in [0.3, 0.4) is 0 Å². The summed E-state index contributed by atoms with van der Waals surface area (Å²) in [5.41, 5.74) is 4.53. The summed E-state index contributed by atoms with van der Waals surface area (Å²) >= 11 is 0. The fourth-order valence-electron chi connectivity index (χ4n) is 3.32. The third-order valence-electron chi connectivity index (χ3n) is 5.09. The minimum atomic E-state index is -0.470. The smallest absolute Gasteiger partial charge is 0.413 e. The highest BCUT2D eigenvalue weighted by Gasteiger charge is 2.12. The number of amides is 2. The number of ether oxygens (including phenoxy) is 2. The number of rotatable bonds is 6. The molecule has 4 aromatic rings. The van der Waals surface area contributed by atoms with Crippen LogP contribution in [0.5, 0.6) is 5.75 Å². The van der Waals surface area contributed by atoms with Gasteiger partial charge in [-0.15, -0.1) is 0 Å². The summed E-state index contributed by atoms with van der Waals surface area (Å²) < 4.78 is 12.5. The highest BCUT2D eigenvalue weighted by molar-refractivity contribution is 6.04. The van der Waals surface area contributed by atoms with Crippen LogP contribution >= 0.6 is 0 Å². The maximum Gasteiger partial charge on any atom is 0.413 e. The molecule has 0 aliphatic rings. The van der Waals surface area contributed by atoms with Crippen LogP contribution in [0.2, 0.25) is 0 Å². The number of hydrogen-bond donors (Lipinski definition) is 1. The SMILES string of the molecule is COC(=O)N(C)c1ccc(NC(=O)c2cccc(OCc3cn4cc(C)ccc4n3)c2)cc1. The van der Waals surface area contributed by atoms with Crippen molar-refractivity contribution in [3.05, 3.63) is 89.9 Å². The molecule has 0 atom stereocenters. The number of aromatic nitrogens is 2. The molecule has 8 nitrogen and oxygen atoms in total. The number of fused-ring (bicyclic) bond motifs is 1. The Bertz CT molecular complexity index is 1300. The first-order valence-corrected chi connectivity index (χ1v) is 10.3. The zero-order valence-electron chi connectivity index (χ0n) is 18.6. The number of nitrogens with zero attached hydrogens (tertiary/aromatic N) is 3. The summed E-state index contributed by atoms with van der Waals surface area (Å²) in [5.74, 6) is 0.309. The van der Waals surface area contributed by atoms with Gasteiger partial charge in [-0.2, -0.15) is 0 Å². The molecule has 168 valence electrons. The molecule has 0 aliphatic heterocycles. The van der Waals surface area contributed by atoms with Crippen molar-refractivity contribution in [2.45, 2.75) is 13.5 Å². The second-order valence-electron chi connectivity index (χ2n) is 7.55. The standard InChI is InChI=1S/C25H24N4O4/c1-17-7-12-23-26-20(15-29(23)14-17)16-33-22-6-4-5-18(13-22)24(30)27-19-8-10-21(11-9-19)28(2)25(31)32-3/h4-15H,16H2,1-3H3,(H,27,30). The van der Waals surface area contributed by atoms with Crippen LogP contribution < -0.4 is 15.0 Å². The molecule has 0 saturated carbocycles. The van der Waals surface area contributed by atoms with Gasteiger partial charge in [0.25, 0.3) is 5.91 Å². The van der Waals surface area contributed by atoms with Crippen LogP contribution in [-0.4, -0.2) is 35.5 Å². The lowest BCUT2D eigenvalue weighted by atomic mass is 10.2. The van der Waals surface area contributed by atoms with E-state index in [0.29, 0.717) is 29.3 Å². The van der Waals surface area contributed by atoms with Gasteiger partial charge in [0.2, 0.25) is 0 Å². The van der Waals surface area contributed by atoms with E-state index >= 15 is 0 Å². The number of carbonyl (C=O) groups excluding carboxylic acids is 2. The molecule has 0 fully saturated rings. The van der Waals surface area contributed by atoms with Crippen LogP contribution in [0.4, 0.5) is 16.2 Å². The number of nitrogens with one attached hydrogen (secondary N) is 1. The Morgan fingerprint density at radius 3 is 2.61 bits per heavy atom. The summed E-state index contributed by atoms with van der Waals surface area (Å²) in [6.07, 6.45) is 3.47. The molecule has 2 aromatic heterocycles. The molecule has 4 rings (SSSR count). The Balaban J connectivity index is 1.39.